The smallest absolute Gasteiger partial charge is 0.220 e. The zero-order valence-corrected chi connectivity index (χ0v) is 13.8. The van der Waals surface area contributed by atoms with E-state index in [-0.39, 0.29) is 11.0 Å². The monoisotopic (exact) mass is 380 g/mol. The van der Waals surface area contributed by atoms with Crippen LogP contribution in [-0.4, -0.2) is 30.0 Å². The van der Waals surface area contributed by atoms with E-state index in [1.807, 2.05) is 0 Å². The van der Waals surface area contributed by atoms with Gasteiger partial charge in [-0.05, 0) is 46.3 Å². The molecule has 2 heterocycles. The third-order valence-electron chi connectivity index (χ3n) is 2.90. The molecule has 0 spiro atoms. The van der Waals surface area contributed by atoms with E-state index in [2.05, 4.69) is 30.9 Å². The van der Waals surface area contributed by atoms with Crippen molar-refractivity contribution in [1.29, 1.82) is 0 Å². The van der Waals surface area contributed by atoms with Gasteiger partial charge >= 0.3 is 0 Å². The molecule has 0 aliphatic carbocycles. The zero-order chi connectivity index (χ0) is 15.7. The van der Waals surface area contributed by atoms with Crippen molar-refractivity contribution in [2.75, 3.05) is 6.26 Å². The lowest BCUT2D eigenvalue weighted by molar-refractivity contribution is 0.628. The van der Waals surface area contributed by atoms with Crippen molar-refractivity contribution in [3.8, 4) is 17.2 Å². The minimum absolute atomic E-state index is 0.243. The first-order valence-electron chi connectivity index (χ1n) is 6.22. The molecule has 22 heavy (non-hydrogen) atoms. The van der Waals surface area contributed by atoms with Gasteiger partial charge in [-0.15, -0.1) is 0 Å². The molecule has 1 atom stereocenters. The van der Waals surface area contributed by atoms with E-state index in [0.29, 0.717) is 16.2 Å². The fraction of sp³-hybridized carbons (Fsp3) is 0.0714. The number of imidazole rings is 1. The first-order chi connectivity index (χ1) is 10.5. The molecule has 0 amide bonds. The second-order valence-electron chi connectivity index (χ2n) is 4.42. The fourth-order valence-corrected chi connectivity index (χ4v) is 2.74. The summed E-state index contributed by atoms with van der Waals surface area (Å²) in [4.78, 5) is 12.6. The summed E-state index contributed by atoms with van der Waals surface area (Å²) in [5.41, 5.74) is 0.741. The summed E-state index contributed by atoms with van der Waals surface area (Å²) in [6, 6.07) is 7.71. The molecule has 3 aromatic rings. The number of nitrogens with zero attached hydrogens (tertiary/aromatic N) is 4. The Morgan fingerprint density at radius 3 is 2.59 bits per heavy atom. The van der Waals surface area contributed by atoms with E-state index in [9.17, 15) is 8.60 Å². The Bertz CT molecular complexity index is 850. The summed E-state index contributed by atoms with van der Waals surface area (Å²) in [5.74, 6) is 0.822. The molecule has 1 aromatic carbocycles. The Kier molecular flexibility index (Phi) is 4.12. The maximum absolute atomic E-state index is 13.1. The molecule has 2 aromatic heterocycles. The Balaban J connectivity index is 2.14. The quantitative estimate of drug-likeness (QED) is 0.655. The van der Waals surface area contributed by atoms with Crippen molar-refractivity contribution in [3.05, 3.63) is 53.1 Å². The van der Waals surface area contributed by atoms with E-state index in [1.165, 1.54) is 18.4 Å². The van der Waals surface area contributed by atoms with Crippen LogP contribution in [-0.2, 0) is 10.8 Å². The molecule has 112 valence electrons. The standard InChI is InChI=1S/C14H10BrFN4OS/c1-22(21)14-17-7-6-12(19-14)20-8-11(15)18-13(20)9-2-4-10(16)5-3-9/h2-8H,1H3. The van der Waals surface area contributed by atoms with Crippen molar-refractivity contribution in [1.82, 2.24) is 19.5 Å². The molecule has 0 fully saturated rings. The normalized spacial score (nSPS) is 12.3. The third kappa shape index (κ3) is 2.97. The van der Waals surface area contributed by atoms with Gasteiger partial charge in [0.05, 0.1) is 10.8 Å². The zero-order valence-electron chi connectivity index (χ0n) is 11.4. The largest absolute Gasteiger partial charge is 0.283 e. The minimum atomic E-state index is -1.28. The molecule has 0 N–H and O–H groups in total. The lowest BCUT2D eigenvalue weighted by atomic mass is 10.2. The number of rotatable bonds is 3. The highest BCUT2D eigenvalue weighted by atomic mass is 79.9. The second kappa shape index (κ2) is 6.05. The predicted octanol–water partition coefficient (Wildman–Crippen LogP) is 2.97. The molecule has 0 aliphatic heterocycles. The van der Waals surface area contributed by atoms with Crippen LogP contribution in [0.25, 0.3) is 17.2 Å². The Morgan fingerprint density at radius 2 is 1.91 bits per heavy atom. The van der Waals surface area contributed by atoms with Gasteiger partial charge in [0.25, 0.3) is 0 Å². The van der Waals surface area contributed by atoms with Crippen LogP contribution in [0.15, 0.2) is 52.5 Å². The molecule has 0 bridgehead atoms. The molecule has 0 saturated carbocycles. The van der Waals surface area contributed by atoms with Crippen LogP contribution in [0.1, 0.15) is 0 Å². The van der Waals surface area contributed by atoms with E-state index < -0.39 is 10.8 Å². The van der Waals surface area contributed by atoms with Crippen LogP contribution < -0.4 is 0 Å². The van der Waals surface area contributed by atoms with Crippen molar-refractivity contribution in [2.24, 2.45) is 0 Å². The van der Waals surface area contributed by atoms with Crippen LogP contribution >= 0.6 is 15.9 Å². The average Bonchev–Trinajstić information content (AvgIpc) is 2.90. The van der Waals surface area contributed by atoms with E-state index in [0.717, 1.165) is 5.56 Å². The van der Waals surface area contributed by atoms with Gasteiger partial charge in [0, 0.05) is 24.2 Å². The molecule has 8 heteroatoms. The first-order valence-corrected chi connectivity index (χ1v) is 8.57. The lowest BCUT2D eigenvalue weighted by Gasteiger charge is -2.07. The summed E-state index contributed by atoms with van der Waals surface area (Å²) < 4.78 is 27.0. The summed E-state index contributed by atoms with van der Waals surface area (Å²) in [5, 5.41) is 0.243. The van der Waals surface area contributed by atoms with Gasteiger partial charge in [0.15, 0.2) is 0 Å². The van der Waals surface area contributed by atoms with Crippen LogP contribution in [0.4, 0.5) is 4.39 Å². The Labute approximate surface area is 136 Å². The van der Waals surface area contributed by atoms with Gasteiger partial charge < -0.3 is 0 Å². The van der Waals surface area contributed by atoms with Crippen molar-refractivity contribution in [3.63, 3.8) is 0 Å². The van der Waals surface area contributed by atoms with E-state index >= 15 is 0 Å². The van der Waals surface area contributed by atoms with Gasteiger partial charge in [-0.2, -0.15) is 0 Å². The molecule has 0 saturated heterocycles. The lowest BCUT2D eigenvalue weighted by Crippen LogP contribution is -2.04. The van der Waals surface area contributed by atoms with Gasteiger partial charge in [0.1, 0.15) is 22.1 Å². The predicted molar refractivity (Wildman–Crippen MR) is 84.6 cm³/mol. The summed E-state index contributed by atoms with van der Waals surface area (Å²) in [7, 11) is -1.28. The molecule has 0 aliphatic rings. The molecule has 0 radical (unpaired) electrons. The van der Waals surface area contributed by atoms with Crippen LogP contribution in [0.3, 0.4) is 0 Å². The molecular formula is C14H10BrFN4OS. The van der Waals surface area contributed by atoms with Crippen molar-refractivity contribution < 1.29 is 8.60 Å². The molecule has 1 unspecified atom stereocenters. The summed E-state index contributed by atoms with van der Waals surface area (Å²) >= 11 is 3.33. The second-order valence-corrected chi connectivity index (χ2v) is 6.50. The fourth-order valence-electron chi connectivity index (χ4n) is 1.93. The maximum Gasteiger partial charge on any atom is 0.220 e. The minimum Gasteiger partial charge on any atom is -0.283 e. The van der Waals surface area contributed by atoms with Crippen LogP contribution in [0.2, 0.25) is 0 Å². The summed E-state index contributed by atoms with van der Waals surface area (Å²) in [6.45, 7) is 0. The van der Waals surface area contributed by atoms with Crippen molar-refractivity contribution in [2.45, 2.75) is 5.16 Å². The molecule has 3 rings (SSSR count). The Hall–Kier alpha value is -1.93. The maximum atomic E-state index is 13.1. The van der Waals surface area contributed by atoms with Gasteiger partial charge in [-0.3, -0.25) is 8.78 Å². The van der Waals surface area contributed by atoms with Gasteiger partial charge in [0.2, 0.25) is 5.16 Å². The highest BCUT2D eigenvalue weighted by molar-refractivity contribution is 9.10. The SMILES string of the molecule is CS(=O)c1nccc(-n2cc(Br)nc2-c2ccc(F)cc2)n1. The topological polar surface area (TPSA) is 60.7 Å². The van der Waals surface area contributed by atoms with E-state index in [4.69, 9.17) is 0 Å². The van der Waals surface area contributed by atoms with Crippen LogP contribution in [0.5, 0.6) is 0 Å². The number of halogens is 2. The van der Waals surface area contributed by atoms with Crippen molar-refractivity contribution >= 4 is 26.7 Å². The first kappa shape index (κ1) is 15.0. The number of hydrogen-bond donors (Lipinski definition) is 0. The highest BCUT2D eigenvalue weighted by Crippen LogP contribution is 2.24. The summed E-state index contributed by atoms with van der Waals surface area (Å²) in [6.07, 6.45) is 4.80. The third-order valence-corrected chi connectivity index (χ3v) is 3.99. The Morgan fingerprint density at radius 1 is 1.18 bits per heavy atom. The van der Waals surface area contributed by atoms with Gasteiger partial charge in [-0.25, -0.2) is 19.3 Å². The number of aromatic nitrogens is 4. The van der Waals surface area contributed by atoms with E-state index in [1.54, 1.807) is 35.2 Å². The number of benzene rings is 1. The average molecular weight is 381 g/mol. The number of hydrogen-bond acceptors (Lipinski definition) is 4. The van der Waals surface area contributed by atoms with Crippen LogP contribution in [0, 0.1) is 5.82 Å². The highest BCUT2D eigenvalue weighted by Gasteiger charge is 2.13. The van der Waals surface area contributed by atoms with Gasteiger partial charge in [-0.1, -0.05) is 0 Å². The molecule has 5 nitrogen and oxygen atoms in total. The molecular weight excluding hydrogens is 371 g/mol.